The average molecular weight is 762 g/mol. The van der Waals surface area contributed by atoms with E-state index >= 15 is 0 Å². The molecule has 0 N–H and O–H groups in total. The Morgan fingerprint density at radius 1 is 0.596 bits per heavy atom. The fourth-order valence-electron chi connectivity index (χ4n) is 5.53. The zero-order valence-electron chi connectivity index (χ0n) is 26.4. The largest absolute Gasteiger partial charge is 0.457 e. The van der Waals surface area contributed by atoms with Gasteiger partial charge in [-0.15, -0.1) is 0 Å². The van der Waals surface area contributed by atoms with E-state index in [9.17, 15) is 31.1 Å². The second-order valence-electron chi connectivity index (χ2n) is 11.3. The molecule has 0 amide bonds. The van der Waals surface area contributed by atoms with Crippen LogP contribution in [0.4, 0.5) is 26.3 Å². The Hall–Kier alpha value is -5.41. The molecule has 17 heteroatoms. The first-order chi connectivity index (χ1) is 24.7. The number of ketones is 1. The molecule has 0 bridgehead atoms. The summed E-state index contributed by atoms with van der Waals surface area (Å²) < 4.78 is 102. The third-order valence-corrected chi connectivity index (χ3v) is 8.37. The lowest BCUT2D eigenvalue weighted by Crippen LogP contribution is -2.30. The lowest BCUT2D eigenvalue weighted by atomic mass is 9.80. The van der Waals surface area contributed by atoms with Crippen molar-refractivity contribution in [3.05, 3.63) is 143 Å². The molecule has 0 saturated carbocycles. The summed E-state index contributed by atoms with van der Waals surface area (Å²) in [4.78, 5) is 22.4. The normalized spacial score (nSPS) is 13.1. The number of alkyl halides is 6. The van der Waals surface area contributed by atoms with Crippen LogP contribution in [0.3, 0.4) is 0 Å². The van der Waals surface area contributed by atoms with Gasteiger partial charge in [-0.25, -0.2) is 9.97 Å². The van der Waals surface area contributed by atoms with E-state index in [1.54, 1.807) is 0 Å². The summed E-state index contributed by atoms with van der Waals surface area (Å²) in [5, 5.41) is 8.69. The van der Waals surface area contributed by atoms with Crippen LogP contribution in [0.25, 0.3) is 0 Å². The van der Waals surface area contributed by atoms with Gasteiger partial charge in [0, 0.05) is 10.0 Å². The predicted molar refractivity (Wildman–Crippen MR) is 176 cm³/mol. The lowest BCUT2D eigenvalue weighted by Gasteiger charge is -2.27. The van der Waals surface area contributed by atoms with Crippen molar-refractivity contribution in [3.63, 3.8) is 0 Å². The summed E-state index contributed by atoms with van der Waals surface area (Å²) in [5.41, 5.74) is -3.51. The van der Waals surface area contributed by atoms with E-state index in [4.69, 9.17) is 32.7 Å². The Kier molecular flexibility index (Phi) is 10.5. The van der Waals surface area contributed by atoms with E-state index < -0.39 is 65.3 Å². The number of Topliss-reactive ketones (excluding diaryl/α,β-unsaturated/α-hetero) is 1. The van der Waals surface area contributed by atoms with E-state index in [-0.39, 0.29) is 23.0 Å². The van der Waals surface area contributed by atoms with Crippen LogP contribution in [-0.2, 0) is 30.2 Å². The number of rotatable bonds is 12. The van der Waals surface area contributed by atoms with E-state index in [0.717, 1.165) is 46.3 Å². The number of nitrogens with zero attached hydrogens (tertiary/aromatic N) is 6. The molecule has 0 radical (unpaired) electrons. The quantitative estimate of drug-likeness (QED) is 0.115. The summed E-state index contributed by atoms with van der Waals surface area (Å²) in [6.07, 6.45) is -5.44. The van der Waals surface area contributed by atoms with Crippen molar-refractivity contribution in [2.24, 2.45) is 0 Å². The van der Waals surface area contributed by atoms with Crippen LogP contribution in [0.5, 0.6) is 23.0 Å². The lowest BCUT2D eigenvalue weighted by molar-refractivity contribution is -0.139. The number of aromatic nitrogens is 6. The highest BCUT2D eigenvalue weighted by atomic mass is 35.5. The second kappa shape index (κ2) is 15.1. The monoisotopic (exact) mass is 760 g/mol. The molecule has 268 valence electrons. The van der Waals surface area contributed by atoms with Gasteiger partial charge in [-0.1, -0.05) is 35.3 Å². The molecule has 2 heterocycles. The molecule has 2 aromatic heterocycles. The van der Waals surface area contributed by atoms with E-state index in [1.165, 1.54) is 73.3 Å². The SMILES string of the molecule is O=C(C(Cn1cncn1)c1ccc(Oc2ccc(Cl)cc2)cc1C(F)(F)F)C(Cn1cncn1)c1ccc(Oc2ccc(Cl)cc2)cc1C(F)(F)F. The Labute approximate surface area is 301 Å². The summed E-state index contributed by atoms with van der Waals surface area (Å²) in [5.74, 6) is -4.40. The van der Waals surface area contributed by atoms with Crippen LogP contribution in [0.1, 0.15) is 34.1 Å². The van der Waals surface area contributed by atoms with Gasteiger partial charge in [-0.2, -0.15) is 36.5 Å². The van der Waals surface area contributed by atoms with Gasteiger partial charge in [0.2, 0.25) is 0 Å². The number of ether oxygens (including phenoxy) is 2. The number of benzene rings is 4. The van der Waals surface area contributed by atoms with Crippen molar-refractivity contribution < 1.29 is 40.6 Å². The van der Waals surface area contributed by atoms with Crippen LogP contribution in [0.2, 0.25) is 10.0 Å². The molecule has 6 rings (SSSR count). The number of hydrogen-bond acceptors (Lipinski definition) is 7. The van der Waals surface area contributed by atoms with Gasteiger partial charge in [0.25, 0.3) is 0 Å². The van der Waals surface area contributed by atoms with Crippen LogP contribution >= 0.6 is 23.2 Å². The Balaban J connectivity index is 1.46. The molecule has 0 spiro atoms. The van der Waals surface area contributed by atoms with Crippen molar-refractivity contribution in [2.45, 2.75) is 37.3 Å². The van der Waals surface area contributed by atoms with Crippen LogP contribution in [0.15, 0.2) is 110 Å². The maximum atomic E-state index is 14.8. The minimum atomic E-state index is -5.02. The van der Waals surface area contributed by atoms with Gasteiger partial charge in [-0.05, 0) is 83.9 Å². The van der Waals surface area contributed by atoms with Crippen LogP contribution in [-0.4, -0.2) is 35.3 Å². The Bertz CT molecular complexity index is 1980. The maximum Gasteiger partial charge on any atom is 0.416 e. The molecule has 52 heavy (non-hydrogen) atoms. The molecule has 4 aromatic carbocycles. The smallest absolute Gasteiger partial charge is 0.416 e. The summed E-state index contributed by atoms with van der Waals surface area (Å²) >= 11 is 11.8. The van der Waals surface area contributed by atoms with Crippen molar-refractivity contribution in [1.82, 2.24) is 29.5 Å². The van der Waals surface area contributed by atoms with Gasteiger partial charge in [0.1, 0.15) is 48.3 Å². The first kappa shape index (κ1) is 36.4. The number of carbonyl (C=O) groups excluding carboxylic acids is 1. The fraction of sp³-hybridized carbons (Fsp3) is 0.171. The molecular weight excluding hydrogens is 737 g/mol. The van der Waals surface area contributed by atoms with Crippen molar-refractivity contribution in [1.29, 1.82) is 0 Å². The first-order valence-corrected chi connectivity index (χ1v) is 16.0. The van der Waals surface area contributed by atoms with E-state index in [1.807, 2.05) is 0 Å². The standard InChI is InChI=1S/C35H24Cl2F6N6O3/c36-21-1-5-23(6-2-21)51-25-9-11-27(31(13-25)34(38,39)40)29(15-48-19-44-17-46-48)33(50)30(16-49-20-45-18-47-49)28-12-10-26(14-32(28)35(41,42)43)52-24-7-3-22(37)4-8-24/h1-14,17-20,29-30H,15-16H2. The van der Waals surface area contributed by atoms with Crippen molar-refractivity contribution in [2.75, 3.05) is 0 Å². The molecule has 0 aliphatic heterocycles. The maximum absolute atomic E-state index is 14.8. The topological polar surface area (TPSA) is 97.0 Å². The zero-order valence-corrected chi connectivity index (χ0v) is 27.9. The molecule has 0 aliphatic rings. The first-order valence-electron chi connectivity index (χ1n) is 15.2. The number of carbonyl (C=O) groups is 1. The van der Waals surface area contributed by atoms with Gasteiger partial charge >= 0.3 is 12.4 Å². The van der Waals surface area contributed by atoms with Gasteiger partial charge < -0.3 is 9.47 Å². The van der Waals surface area contributed by atoms with E-state index in [2.05, 4.69) is 20.2 Å². The highest BCUT2D eigenvalue weighted by Crippen LogP contribution is 2.44. The molecule has 0 fully saturated rings. The Morgan fingerprint density at radius 2 is 0.962 bits per heavy atom. The molecule has 0 saturated heterocycles. The molecule has 2 unspecified atom stereocenters. The van der Waals surface area contributed by atoms with Crippen LogP contribution in [0, 0.1) is 0 Å². The highest BCUT2D eigenvalue weighted by molar-refractivity contribution is 6.30. The highest BCUT2D eigenvalue weighted by Gasteiger charge is 2.43. The third-order valence-electron chi connectivity index (χ3n) is 7.87. The molecular formula is C35H24Cl2F6N6O3. The second-order valence-corrected chi connectivity index (χ2v) is 12.2. The summed E-state index contributed by atoms with van der Waals surface area (Å²) in [6, 6.07) is 17.8. The number of halogens is 8. The van der Waals surface area contributed by atoms with Crippen molar-refractivity contribution >= 4 is 29.0 Å². The minimum Gasteiger partial charge on any atom is -0.457 e. The molecule has 0 aliphatic carbocycles. The fourth-order valence-corrected chi connectivity index (χ4v) is 5.78. The average Bonchev–Trinajstić information content (AvgIpc) is 3.82. The number of hydrogen-bond donors (Lipinski definition) is 0. The van der Waals surface area contributed by atoms with Gasteiger partial charge in [-0.3, -0.25) is 14.2 Å². The molecule has 6 aromatic rings. The third kappa shape index (κ3) is 8.72. The van der Waals surface area contributed by atoms with E-state index in [0.29, 0.717) is 10.0 Å². The van der Waals surface area contributed by atoms with Gasteiger partial charge in [0.05, 0.1) is 36.1 Å². The summed E-state index contributed by atoms with van der Waals surface area (Å²) in [7, 11) is 0. The molecule has 9 nitrogen and oxygen atoms in total. The summed E-state index contributed by atoms with van der Waals surface area (Å²) in [6.45, 7) is -0.988. The Morgan fingerprint density at radius 3 is 1.29 bits per heavy atom. The predicted octanol–water partition coefficient (Wildman–Crippen LogP) is 9.64. The van der Waals surface area contributed by atoms with Gasteiger partial charge in [0.15, 0.2) is 5.78 Å². The zero-order chi connectivity index (χ0) is 37.0. The molecule has 2 atom stereocenters. The minimum absolute atomic E-state index is 0.191. The van der Waals surface area contributed by atoms with Crippen molar-refractivity contribution in [3.8, 4) is 23.0 Å². The van der Waals surface area contributed by atoms with Crippen LogP contribution < -0.4 is 9.47 Å².